The van der Waals surface area contributed by atoms with E-state index in [2.05, 4.69) is 65.9 Å². The van der Waals surface area contributed by atoms with Crippen molar-refractivity contribution in [2.45, 2.75) is 19.8 Å². The Morgan fingerprint density at radius 3 is 2.40 bits per heavy atom. The predicted molar refractivity (Wildman–Crippen MR) is 103 cm³/mol. The summed E-state index contributed by atoms with van der Waals surface area (Å²) < 4.78 is 2.12. The van der Waals surface area contributed by atoms with Crippen molar-refractivity contribution in [3.8, 4) is 16.9 Å². The number of aryl methyl sites for hydroxylation is 1. The van der Waals surface area contributed by atoms with Gasteiger partial charge in [0.15, 0.2) is 0 Å². The van der Waals surface area contributed by atoms with Crippen molar-refractivity contribution in [3.05, 3.63) is 95.8 Å². The van der Waals surface area contributed by atoms with Gasteiger partial charge in [-0.05, 0) is 46.9 Å². The predicted octanol–water partition coefficient (Wildman–Crippen LogP) is 5.47. The van der Waals surface area contributed by atoms with Crippen LogP contribution < -0.4 is 0 Å². The summed E-state index contributed by atoms with van der Waals surface area (Å²) in [6.45, 7) is 2.17. The van der Waals surface area contributed by atoms with Gasteiger partial charge in [-0.3, -0.25) is 0 Å². The largest absolute Gasteiger partial charge is 0.506 e. The SMILES string of the molecule is CCc1cc2c(O)cccn2c1Cc1ccccc1-c1ccccc1. The Morgan fingerprint density at radius 2 is 1.60 bits per heavy atom. The molecule has 0 amide bonds. The second kappa shape index (κ2) is 6.48. The van der Waals surface area contributed by atoms with Gasteiger partial charge in [-0.25, -0.2) is 0 Å². The van der Waals surface area contributed by atoms with Crippen molar-refractivity contribution in [2.75, 3.05) is 0 Å². The van der Waals surface area contributed by atoms with E-state index < -0.39 is 0 Å². The van der Waals surface area contributed by atoms with Crippen LogP contribution in [0.4, 0.5) is 0 Å². The van der Waals surface area contributed by atoms with E-state index >= 15 is 0 Å². The lowest BCUT2D eigenvalue weighted by Crippen LogP contribution is -1.99. The average molecular weight is 327 g/mol. The molecular weight excluding hydrogens is 306 g/mol. The van der Waals surface area contributed by atoms with Crippen molar-refractivity contribution in [1.29, 1.82) is 0 Å². The number of hydrogen-bond donors (Lipinski definition) is 1. The lowest BCUT2D eigenvalue weighted by Gasteiger charge is -2.12. The van der Waals surface area contributed by atoms with E-state index in [1.807, 2.05) is 18.3 Å². The Morgan fingerprint density at radius 1 is 0.840 bits per heavy atom. The highest BCUT2D eigenvalue weighted by Gasteiger charge is 2.14. The molecule has 2 aromatic carbocycles. The lowest BCUT2D eigenvalue weighted by molar-refractivity contribution is 0.479. The zero-order valence-corrected chi connectivity index (χ0v) is 14.3. The molecule has 0 aliphatic carbocycles. The Labute approximate surface area is 148 Å². The number of aromatic hydroxyl groups is 1. The molecule has 2 heterocycles. The first-order chi connectivity index (χ1) is 12.3. The van der Waals surface area contributed by atoms with Crippen molar-refractivity contribution >= 4 is 5.52 Å². The molecule has 124 valence electrons. The molecule has 0 unspecified atom stereocenters. The molecule has 2 nitrogen and oxygen atoms in total. The van der Waals surface area contributed by atoms with Crippen molar-refractivity contribution in [1.82, 2.24) is 4.40 Å². The highest BCUT2D eigenvalue weighted by atomic mass is 16.3. The molecule has 4 aromatic rings. The number of hydrogen-bond acceptors (Lipinski definition) is 1. The summed E-state index contributed by atoms with van der Waals surface area (Å²) >= 11 is 0. The molecule has 2 aromatic heterocycles. The number of pyridine rings is 1. The Hall–Kier alpha value is -3.00. The van der Waals surface area contributed by atoms with E-state index in [1.165, 1.54) is 27.9 Å². The quantitative estimate of drug-likeness (QED) is 0.528. The van der Waals surface area contributed by atoms with Crippen molar-refractivity contribution < 1.29 is 5.11 Å². The summed E-state index contributed by atoms with van der Waals surface area (Å²) in [5.41, 5.74) is 7.21. The van der Waals surface area contributed by atoms with E-state index in [0.29, 0.717) is 5.75 Å². The first-order valence-electron chi connectivity index (χ1n) is 8.72. The molecule has 0 aliphatic rings. The maximum Gasteiger partial charge on any atom is 0.139 e. The van der Waals surface area contributed by atoms with Crippen LogP contribution in [-0.4, -0.2) is 9.51 Å². The normalized spacial score (nSPS) is 11.1. The number of rotatable bonds is 4. The van der Waals surface area contributed by atoms with Crippen LogP contribution in [0, 0.1) is 0 Å². The van der Waals surface area contributed by atoms with Crippen LogP contribution in [-0.2, 0) is 12.8 Å². The Balaban J connectivity index is 1.85. The molecule has 0 saturated heterocycles. The summed E-state index contributed by atoms with van der Waals surface area (Å²) in [6.07, 6.45) is 3.82. The molecule has 0 spiro atoms. The van der Waals surface area contributed by atoms with Crippen LogP contribution >= 0.6 is 0 Å². The fourth-order valence-electron chi connectivity index (χ4n) is 3.55. The minimum atomic E-state index is 0.333. The number of benzene rings is 2. The van der Waals surface area contributed by atoms with E-state index in [9.17, 15) is 5.11 Å². The molecule has 0 saturated carbocycles. The smallest absolute Gasteiger partial charge is 0.139 e. The van der Waals surface area contributed by atoms with Crippen molar-refractivity contribution in [2.24, 2.45) is 0 Å². The summed E-state index contributed by atoms with van der Waals surface area (Å²) in [5.74, 6) is 0.333. The van der Waals surface area contributed by atoms with Gasteiger partial charge in [-0.1, -0.05) is 61.5 Å². The molecule has 0 aliphatic heterocycles. The average Bonchev–Trinajstić information content (AvgIpc) is 3.02. The van der Waals surface area contributed by atoms with Gasteiger partial charge in [0, 0.05) is 18.3 Å². The molecular formula is C23H21NO. The molecule has 0 radical (unpaired) electrons. The number of fused-ring (bicyclic) bond motifs is 1. The molecule has 1 N–H and O–H groups in total. The molecule has 0 fully saturated rings. The molecule has 0 bridgehead atoms. The molecule has 25 heavy (non-hydrogen) atoms. The van der Waals surface area contributed by atoms with Gasteiger partial charge in [0.2, 0.25) is 0 Å². The van der Waals surface area contributed by atoms with E-state index in [4.69, 9.17) is 0 Å². The van der Waals surface area contributed by atoms with Gasteiger partial charge in [0.1, 0.15) is 5.75 Å². The lowest BCUT2D eigenvalue weighted by atomic mass is 9.95. The summed E-state index contributed by atoms with van der Waals surface area (Å²) in [4.78, 5) is 0. The van der Waals surface area contributed by atoms with Crippen LogP contribution in [0.15, 0.2) is 79.0 Å². The van der Waals surface area contributed by atoms with Gasteiger partial charge in [-0.15, -0.1) is 0 Å². The maximum absolute atomic E-state index is 10.2. The van der Waals surface area contributed by atoms with Crippen LogP contribution in [0.1, 0.15) is 23.7 Å². The summed E-state index contributed by atoms with van der Waals surface area (Å²) in [5, 5.41) is 10.2. The Bertz CT molecular complexity index is 1010. The molecule has 0 atom stereocenters. The van der Waals surface area contributed by atoms with Gasteiger partial charge in [-0.2, -0.15) is 0 Å². The standard InChI is InChI=1S/C23H21NO/c1-2-17-15-22-23(25)13-8-14-24(22)21(17)16-19-11-6-7-12-20(19)18-9-4-3-5-10-18/h3-15,25H,2,16H2,1H3. The topological polar surface area (TPSA) is 24.6 Å². The zero-order valence-electron chi connectivity index (χ0n) is 14.3. The highest BCUT2D eigenvalue weighted by Crippen LogP contribution is 2.30. The Kier molecular flexibility index (Phi) is 4.02. The second-order valence-electron chi connectivity index (χ2n) is 6.32. The fraction of sp³-hybridized carbons (Fsp3) is 0.130. The first-order valence-corrected chi connectivity index (χ1v) is 8.72. The van der Waals surface area contributed by atoms with E-state index in [-0.39, 0.29) is 0 Å². The van der Waals surface area contributed by atoms with Crippen LogP contribution in [0.2, 0.25) is 0 Å². The summed E-state index contributed by atoms with van der Waals surface area (Å²) in [7, 11) is 0. The van der Waals surface area contributed by atoms with E-state index in [0.717, 1.165) is 18.4 Å². The van der Waals surface area contributed by atoms with Crippen molar-refractivity contribution in [3.63, 3.8) is 0 Å². The highest BCUT2D eigenvalue weighted by molar-refractivity contribution is 5.69. The third-order valence-electron chi connectivity index (χ3n) is 4.82. The van der Waals surface area contributed by atoms with Gasteiger partial charge in [0.05, 0.1) is 5.52 Å². The minimum Gasteiger partial charge on any atom is -0.506 e. The van der Waals surface area contributed by atoms with Crippen LogP contribution in [0.25, 0.3) is 16.6 Å². The molecule has 2 heteroatoms. The summed E-state index contributed by atoms with van der Waals surface area (Å²) in [6, 6.07) is 24.8. The number of aromatic nitrogens is 1. The molecule has 4 rings (SSSR count). The van der Waals surface area contributed by atoms with Crippen LogP contribution in [0.3, 0.4) is 0 Å². The third-order valence-corrected chi connectivity index (χ3v) is 4.82. The van der Waals surface area contributed by atoms with Gasteiger partial charge in [0.25, 0.3) is 0 Å². The fourth-order valence-corrected chi connectivity index (χ4v) is 3.55. The second-order valence-corrected chi connectivity index (χ2v) is 6.32. The van der Waals surface area contributed by atoms with Gasteiger partial charge >= 0.3 is 0 Å². The first kappa shape index (κ1) is 15.5. The monoisotopic (exact) mass is 327 g/mol. The zero-order chi connectivity index (χ0) is 17.2. The van der Waals surface area contributed by atoms with Crippen LogP contribution in [0.5, 0.6) is 5.75 Å². The number of nitrogens with zero attached hydrogens (tertiary/aromatic N) is 1. The van der Waals surface area contributed by atoms with E-state index in [1.54, 1.807) is 6.07 Å². The third kappa shape index (κ3) is 2.80. The van der Waals surface area contributed by atoms with Gasteiger partial charge < -0.3 is 9.51 Å². The maximum atomic E-state index is 10.2. The minimum absolute atomic E-state index is 0.333.